The molecule has 2 aromatic rings. The van der Waals surface area contributed by atoms with Gasteiger partial charge in [0.05, 0.1) is 12.7 Å². The van der Waals surface area contributed by atoms with Gasteiger partial charge in [-0.25, -0.2) is 0 Å². The first-order chi connectivity index (χ1) is 15.8. The minimum absolute atomic E-state index is 0.00942. The minimum Gasteiger partial charge on any atom is -0.493 e. The van der Waals surface area contributed by atoms with Crippen LogP contribution in [-0.4, -0.2) is 34.1 Å². The lowest BCUT2D eigenvalue weighted by Gasteiger charge is -2.20. The molecule has 0 saturated heterocycles. The van der Waals surface area contributed by atoms with E-state index in [1.807, 2.05) is 13.8 Å². The molecule has 2 heterocycles. The summed E-state index contributed by atoms with van der Waals surface area (Å²) in [6, 6.07) is 10.4. The zero-order chi connectivity index (χ0) is 23.7. The van der Waals surface area contributed by atoms with E-state index in [1.165, 1.54) is 23.9 Å². The Morgan fingerprint density at radius 1 is 1.18 bits per heavy atom. The number of carbonyl (C=O) groups is 1. The normalized spacial score (nSPS) is 16.8. The number of amidine groups is 2. The second-order valence-electron chi connectivity index (χ2n) is 7.55. The van der Waals surface area contributed by atoms with Crippen LogP contribution < -0.4 is 9.47 Å². The lowest BCUT2D eigenvalue weighted by molar-refractivity contribution is -0.114. The number of hydrogen-bond acceptors (Lipinski definition) is 6. The quantitative estimate of drug-likeness (QED) is 0.500. The van der Waals surface area contributed by atoms with Gasteiger partial charge in [0.1, 0.15) is 11.7 Å². The van der Waals surface area contributed by atoms with Crippen molar-refractivity contribution in [1.29, 1.82) is 5.41 Å². The van der Waals surface area contributed by atoms with Crippen LogP contribution in [0.5, 0.6) is 11.5 Å². The molecule has 10 heteroatoms. The maximum Gasteiger partial charge on any atom is 0.283 e. The Morgan fingerprint density at radius 3 is 2.67 bits per heavy atom. The van der Waals surface area contributed by atoms with Crippen LogP contribution in [0, 0.1) is 11.3 Å². The summed E-state index contributed by atoms with van der Waals surface area (Å²) in [5.74, 6) is 0.682. The van der Waals surface area contributed by atoms with E-state index in [1.54, 1.807) is 42.5 Å². The van der Waals surface area contributed by atoms with Gasteiger partial charge in [0, 0.05) is 21.5 Å². The Kier molecular flexibility index (Phi) is 6.78. The topological polar surface area (TPSA) is 87.3 Å². The second-order valence-corrected chi connectivity index (χ2v) is 9.38. The standard InChI is InChI=1S/C23H20Cl2N4O3S/c1-12(2)22-28-29-20(26)16(21(30)27-23(29)33-22)8-13-4-7-18(19(9-13)31-3)32-11-14-5-6-15(24)10-17(14)25/h4-10,12,26H,11H2,1-3H3/b16-8-,26-20?. The molecular weight excluding hydrogens is 483 g/mol. The van der Waals surface area contributed by atoms with E-state index in [9.17, 15) is 4.79 Å². The number of ether oxygens (including phenoxy) is 2. The van der Waals surface area contributed by atoms with Crippen LogP contribution in [0.25, 0.3) is 6.08 Å². The van der Waals surface area contributed by atoms with Gasteiger partial charge >= 0.3 is 0 Å². The molecule has 7 nitrogen and oxygen atoms in total. The van der Waals surface area contributed by atoms with Gasteiger partial charge in [-0.05, 0) is 47.7 Å². The highest BCUT2D eigenvalue weighted by Crippen LogP contribution is 2.33. The summed E-state index contributed by atoms with van der Waals surface area (Å²) in [6.07, 6.45) is 1.60. The average molecular weight is 503 g/mol. The molecule has 0 radical (unpaired) electrons. The summed E-state index contributed by atoms with van der Waals surface area (Å²) in [4.78, 5) is 16.7. The first-order valence-corrected chi connectivity index (χ1v) is 11.6. The van der Waals surface area contributed by atoms with Crippen LogP contribution in [0.4, 0.5) is 0 Å². The molecule has 0 aromatic heterocycles. The highest BCUT2D eigenvalue weighted by Gasteiger charge is 2.36. The monoisotopic (exact) mass is 502 g/mol. The lowest BCUT2D eigenvalue weighted by Crippen LogP contribution is -2.35. The predicted octanol–water partition coefficient (Wildman–Crippen LogP) is 5.86. The number of nitrogens with one attached hydrogen (secondary N) is 1. The van der Waals surface area contributed by atoms with Crippen molar-refractivity contribution >= 4 is 63.0 Å². The van der Waals surface area contributed by atoms with Gasteiger partial charge in [0.2, 0.25) is 5.17 Å². The molecule has 1 N–H and O–H groups in total. The third-order valence-electron chi connectivity index (χ3n) is 4.86. The van der Waals surface area contributed by atoms with Crippen LogP contribution in [0.1, 0.15) is 25.0 Å². The van der Waals surface area contributed by atoms with Gasteiger partial charge in [0.15, 0.2) is 17.3 Å². The van der Waals surface area contributed by atoms with Gasteiger partial charge in [-0.2, -0.15) is 15.1 Å². The predicted molar refractivity (Wildman–Crippen MR) is 134 cm³/mol. The molecule has 2 aromatic carbocycles. The average Bonchev–Trinajstić information content (AvgIpc) is 3.21. The van der Waals surface area contributed by atoms with E-state index in [0.29, 0.717) is 32.3 Å². The maximum atomic E-state index is 12.6. The third-order valence-corrected chi connectivity index (χ3v) is 6.66. The maximum absolute atomic E-state index is 12.6. The fourth-order valence-electron chi connectivity index (χ4n) is 3.09. The van der Waals surface area contributed by atoms with Crippen molar-refractivity contribution in [2.75, 3.05) is 7.11 Å². The summed E-state index contributed by atoms with van der Waals surface area (Å²) in [7, 11) is 1.53. The van der Waals surface area contributed by atoms with Crippen LogP contribution in [0.2, 0.25) is 10.0 Å². The van der Waals surface area contributed by atoms with Crippen LogP contribution in [-0.2, 0) is 11.4 Å². The number of halogens is 2. The smallest absolute Gasteiger partial charge is 0.283 e. The van der Waals surface area contributed by atoms with E-state index in [-0.39, 0.29) is 23.9 Å². The zero-order valence-corrected chi connectivity index (χ0v) is 20.4. The molecule has 0 unspecified atom stereocenters. The second kappa shape index (κ2) is 9.59. The van der Waals surface area contributed by atoms with E-state index in [4.69, 9.17) is 38.1 Å². The minimum atomic E-state index is -0.476. The van der Waals surface area contributed by atoms with Crippen molar-refractivity contribution in [1.82, 2.24) is 5.01 Å². The van der Waals surface area contributed by atoms with Crippen LogP contribution >= 0.6 is 35.0 Å². The van der Waals surface area contributed by atoms with Gasteiger partial charge in [-0.15, -0.1) is 0 Å². The summed E-state index contributed by atoms with van der Waals surface area (Å²) in [5, 5.41) is 16.6. The van der Waals surface area contributed by atoms with Crippen LogP contribution in [0.15, 0.2) is 52.1 Å². The van der Waals surface area contributed by atoms with Gasteiger partial charge in [-0.3, -0.25) is 10.2 Å². The fraction of sp³-hybridized carbons (Fsp3) is 0.217. The molecule has 0 bridgehead atoms. The molecule has 33 heavy (non-hydrogen) atoms. The van der Waals surface area contributed by atoms with Gasteiger partial charge in [0.25, 0.3) is 5.91 Å². The fourth-order valence-corrected chi connectivity index (χ4v) is 4.45. The SMILES string of the molecule is COc1cc(/C=C2/C(=N)N3N=C(C(C)C)SC3=NC2=O)ccc1OCc1ccc(Cl)cc1Cl. The number of nitrogens with zero attached hydrogens (tertiary/aromatic N) is 3. The number of methoxy groups -OCH3 is 1. The molecule has 4 rings (SSSR count). The number of fused-ring (bicyclic) bond motifs is 1. The first kappa shape index (κ1) is 23.4. The van der Waals surface area contributed by atoms with E-state index >= 15 is 0 Å². The van der Waals surface area contributed by atoms with Crippen molar-refractivity contribution < 1.29 is 14.3 Å². The Labute approximate surface area is 205 Å². The number of benzene rings is 2. The van der Waals surface area contributed by atoms with Crippen molar-refractivity contribution in [3.63, 3.8) is 0 Å². The number of rotatable bonds is 6. The number of thioether (sulfide) groups is 1. The number of hydrazone groups is 1. The molecule has 0 aliphatic carbocycles. The summed E-state index contributed by atoms with van der Waals surface area (Å²) in [6.45, 7) is 4.24. The number of amides is 1. The number of hydrogen-bond donors (Lipinski definition) is 1. The van der Waals surface area contributed by atoms with Gasteiger partial charge in [-0.1, -0.05) is 49.2 Å². The highest BCUT2D eigenvalue weighted by atomic mass is 35.5. The number of carbonyl (C=O) groups excluding carboxylic acids is 1. The Morgan fingerprint density at radius 2 is 1.97 bits per heavy atom. The Hall–Kier alpha value is -2.81. The summed E-state index contributed by atoms with van der Waals surface area (Å²) in [5.41, 5.74) is 1.60. The molecule has 170 valence electrons. The van der Waals surface area contributed by atoms with Crippen molar-refractivity contribution in [2.45, 2.75) is 20.5 Å². The highest BCUT2D eigenvalue weighted by molar-refractivity contribution is 8.27. The molecular formula is C23H20Cl2N4O3S. The molecule has 0 atom stereocenters. The van der Waals surface area contributed by atoms with Crippen molar-refractivity contribution in [2.24, 2.45) is 16.0 Å². The largest absolute Gasteiger partial charge is 0.493 e. The molecule has 0 fully saturated rings. The van der Waals surface area contributed by atoms with Crippen LogP contribution in [0.3, 0.4) is 0 Å². The molecule has 2 aliphatic heterocycles. The number of aliphatic imine (C=N–C) groups is 1. The zero-order valence-electron chi connectivity index (χ0n) is 18.1. The molecule has 0 saturated carbocycles. The van der Waals surface area contributed by atoms with Crippen molar-refractivity contribution in [3.05, 3.63) is 63.1 Å². The molecule has 2 aliphatic rings. The van der Waals surface area contributed by atoms with E-state index in [0.717, 1.165) is 10.6 Å². The lowest BCUT2D eigenvalue weighted by atomic mass is 10.1. The van der Waals surface area contributed by atoms with Crippen molar-refractivity contribution in [3.8, 4) is 11.5 Å². The Balaban J connectivity index is 1.56. The first-order valence-electron chi connectivity index (χ1n) is 10.0. The van der Waals surface area contributed by atoms with Gasteiger partial charge < -0.3 is 9.47 Å². The van der Waals surface area contributed by atoms with E-state index < -0.39 is 5.91 Å². The third kappa shape index (κ3) is 4.93. The summed E-state index contributed by atoms with van der Waals surface area (Å²) < 4.78 is 11.3. The van der Waals surface area contributed by atoms with E-state index in [2.05, 4.69) is 10.1 Å². The summed E-state index contributed by atoms with van der Waals surface area (Å²) >= 11 is 13.5. The molecule has 0 spiro atoms. The Bertz CT molecular complexity index is 1240. The molecule has 1 amide bonds.